The summed E-state index contributed by atoms with van der Waals surface area (Å²) in [7, 11) is 1.53. The number of urea groups is 1. The Hall–Kier alpha value is -3.49. The Morgan fingerprint density at radius 2 is 1.90 bits per heavy atom. The molecule has 1 aromatic rings. The second kappa shape index (κ2) is 10.9. The molecule has 0 unspecified atom stereocenters. The Morgan fingerprint density at radius 1 is 1.13 bits per heavy atom. The number of carbonyl (C=O) groups excluding carboxylic acids is 3. The van der Waals surface area contributed by atoms with E-state index in [0.717, 1.165) is 0 Å². The standard InChI is InChI=1S/C21H26N2O7/c1-5-28-16-9-7-14(11-17(16)27-4)8-10-18(24)30-12-15-19(20(25)29-6-2)13(3)22-21(26)23-15/h7-11,13H,5-6,12H2,1-4H3,(H2,22,23,26)/b10-8+/t13-/m0/s1. The topological polar surface area (TPSA) is 112 Å². The molecule has 0 bridgehead atoms. The summed E-state index contributed by atoms with van der Waals surface area (Å²) in [6, 6.07) is 4.19. The lowest BCUT2D eigenvalue weighted by Gasteiger charge is -2.26. The smallest absolute Gasteiger partial charge is 0.338 e. The lowest BCUT2D eigenvalue weighted by atomic mass is 10.0. The molecule has 162 valence electrons. The van der Waals surface area contributed by atoms with E-state index in [1.807, 2.05) is 6.92 Å². The molecule has 2 amide bonds. The van der Waals surface area contributed by atoms with Crippen LogP contribution in [-0.4, -0.2) is 50.9 Å². The number of rotatable bonds is 9. The van der Waals surface area contributed by atoms with Crippen LogP contribution in [0.4, 0.5) is 4.79 Å². The van der Waals surface area contributed by atoms with E-state index in [4.69, 9.17) is 18.9 Å². The first-order valence-corrected chi connectivity index (χ1v) is 9.52. The second-order valence-corrected chi connectivity index (χ2v) is 6.22. The first kappa shape index (κ1) is 22.8. The summed E-state index contributed by atoms with van der Waals surface area (Å²) in [6.07, 6.45) is 2.80. The molecule has 0 aromatic heterocycles. The number of nitrogens with one attached hydrogen (secondary N) is 2. The summed E-state index contributed by atoms with van der Waals surface area (Å²) in [6.45, 7) is 5.61. The van der Waals surface area contributed by atoms with Gasteiger partial charge in [0.1, 0.15) is 6.61 Å². The molecule has 0 spiro atoms. The lowest BCUT2D eigenvalue weighted by molar-refractivity contribution is -0.140. The SMILES string of the molecule is CCOC(=O)C1=C(COC(=O)/C=C/c2ccc(OCC)c(OC)c2)NC(=O)N[C@H]1C. The maximum atomic E-state index is 12.2. The summed E-state index contributed by atoms with van der Waals surface area (Å²) in [5.41, 5.74) is 1.11. The summed E-state index contributed by atoms with van der Waals surface area (Å²) in [5, 5.41) is 5.07. The highest BCUT2D eigenvalue weighted by Gasteiger charge is 2.30. The van der Waals surface area contributed by atoms with Crippen LogP contribution in [0, 0.1) is 0 Å². The molecule has 2 N–H and O–H groups in total. The van der Waals surface area contributed by atoms with Crippen LogP contribution < -0.4 is 20.1 Å². The Labute approximate surface area is 175 Å². The molecule has 1 atom stereocenters. The molecule has 2 rings (SSSR count). The highest BCUT2D eigenvalue weighted by atomic mass is 16.5. The van der Waals surface area contributed by atoms with Crippen LogP contribution in [0.25, 0.3) is 6.08 Å². The van der Waals surface area contributed by atoms with Crippen LogP contribution in [0.3, 0.4) is 0 Å². The maximum Gasteiger partial charge on any atom is 0.338 e. The van der Waals surface area contributed by atoms with Gasteiger partial charge in [0, 0.05) is 6.08 Å². The fraction of sp³-hybridized carbons (Fsp3) is 0.381. The van der Waals surface area contributed by atoms with E-state index in [9.17, 15) is 14.4 Å². The van der Waals surface area contributed by atoms with Gasteiger partial charge in [-0.2, -0.15) is 0 Å². The van der Waals surface area contributed by atoms with E-state index in [2.05, 4.69) is 10.6 Å². The van der Waals surface area contributed by atoms with Crippen molar-refractivity contribution in [2.75, 3.05) is 26.9 Å². The summed E-state index contributed by atoms with van der Waals surface area (Å²) in [5.74, 6) is -0.0727. The van der Waals surface area contributed by atoms with Crippen molar-refractivity contribution in [3.05, 3.63) is 41.1 Å². The van der Waals surface area contributed by atoms with Crippen molar-refractivity contribution >= 4 is 24.0 Å². The fourth-order valence-electron chi connectivity index (χ4n) is 2.81. The molecule has 1 aliphatic rings. The number of hydrogen-bond donors (Lipinski definition) is 2. The molecule has 0 saturated carbocycles. The van der Waals surface area contributed by atoms with E-state index in [1.54, 1.807) is 38.1 Å². The van der Waals surface area contributed by atoms with Gasteiger partial charge in [-0.3, -0.25) is 0 Å². The van der Waals surface area contributed by atoms with E-state index in [-0.39, 0.29) is 24.5 Å². The molecule has 0 saturated heterocycles. The van der Waals surface area contributed by atoms with Gasteiger partial charge < -0.3 is 29.6 Å². The number of ether oxygens (including phenoxy) is 4. The van der Waals surface area contributed by atoms with Crippen molar-refractivity contribution in [1.82, 2.24) is 10.6 Å². The van der Waals surface area contributed by atoms with Gasteiger partial charge in [0.25, 0.3) is 0 Å². The molecule has 0 radical (unpaired) electrons. The molecule has 9 heteroatoms. The van der Waals surface area contributed by atoms with Crippen LogP contribution in [0.1, 0.15) is 26.3 Å². The molecule has 9 nitrogen and oxygen atoms in total. The predicted octanol–water partition coefficient (Wildman–Crippen LogP) is 2.17. The zero-order chi connectivity index (χ0) is 22.1. The number of hydrogen-bond acceptors (Lipinski definition) is 7. The monoisotopic (exact) mass is 418 g/mol. The zero-order valence-corrected chi connectivity index (χ0v) is 17.4. The van der Waals surface area contributed by atoms with Gasteiger partial charge in [-0.05, 0) is 44.5 Å². The van der Waals surface area contributed by atoms with Crippen LogP contribution in [-0.2, 0) is 19.1 Å². The highest BCUT2D eigenvalue weighted by Crippen LogP contribution is 2.28. The van der Waals surface area contributed by atoms with Crippen molar-refractivity contribution < 1.29 is 33.3 Å². The van der Waals surface area contributed by atoms with E-state index in [0.29, 0.717) is 23.7 Å². The van der Waals surface area contributed by atoms with Crippen LogP contribution >= 0.6 is 0 Å². The van der Waals surface area contributed by atoms with Gasteiger partial charge in [-0.1, -0.05) is 6.07 Å². The Balaban J connectivity index is 2.07. The number of esters is 2. The minimum Gasteiger partial charge on any atom is -0.493 e. The molecule has 30 heavy (non-hydrogen) atoms. The summed E-state index contributed by atoms with van der Waals surface area (Å²) < 4.78 is 20.9. The molecule has 0 fully saturated rings. The van der Waals surface area contributed by atoms with Crippen molar-refractivity contribution in [1.29, 1.82) is 0 Å². The summed E-state index contributed by atoms with van der Waals surface area (Å²) in [4.78, 5) is 36.0. The van der Waals surface area contributed by atoms with Gasteiger partial charge in [0.15, 0.2) is 11.5 Å². The molecule has 1 heterocycles. The molecule has 1 aliphatic heterocycles. The average molecular weight is 418 g/mol. The minimum atomic E-state index is -0.640. The van der Waals surface area contributed by atoms with Gasteiger partial charge in [-0.15, -0.1) is 0 Å². The minimum absolute atomic E-state index is 0.185. The summed E-state index contributed by atoms with van der Waals surface area (Å²) >= 11 is 0. The zero-order valence-electron chi connectivity index (χ0n) is 17.4. The van der Waals surface area contributed by atoms with Gasteiger partial charge in [-0.25, -0.2) is 14.4 Å². The van der Waals surface area contributed by atoms with E-state index in [1.165, 1.54) is 13.2 Å². The average Bonchev–Trinajstić information content (AvgIpc) is 2.71. The lowest BCUT2D eigenvalue weighted by Crippen LogP contribution is -2.50. The Kier molecular flexibility index (Phi) is 8.28. The van der Waals surface area contributed by atoms with Crippen molar-refractivity contribution in [3.8, 4) is 11.5 Å². The largest absolute Gasteiger partial charge is 0.493 e. The number of carbonyl (C=O) groups is 3. The van der Waals surface area contributed by atoms with Crippen LogP contribution in [0.5, 0.6) is 11.5 Å². The fourth-order valence-corrected chi connectivity index (χ4v) is 2.81. The molecular weight excluding hydrogens is 392 g/mol. The molecule has 0 aliphatic carbocycles. The quantitative estimate of drug-likeness (QED) is 0.467. The van der Waals surface area contributed by atoms with Gasteiger partial charge in [0.2, 0.25) is 0 Å². The van der Waals surface area contributed by atoms with Crippen LogP contribution in [0.2, 0.25) is 0 Å². The third-order valence-electron chi connectivity index (χ3n) is 4.12. The predicted molar refractivity (Wildman–Crippen MR) is 109 cm³/mol. The highest BCUT2D eigenvalue weighted by molar-refractivity contribution is 5.95. The first-order chi connectivity index (χ1) is 14.4. The number of benzene rings is 1. The number of methoxy groups -OCH3 is 1. The third kappa shape index (κ3) is 6.00. The van der Waals surface area contributed by atoms with Gasteiger partial charge >= 0.3 is 18.0 Å². The van der Waals surface area contributed by atoms with Gasteiger partial charge in [0.05, 0.1) is 37.6 Å². The first-order valence-electron chi connectivity index (χ1n) is 9.52. The molecule has 1 aromatic carbocycles. The van der Waals surface area contributed by atoms with Crippen molar-refractivity contribution in [2.24, 2.45) is 0 Å². The maximum absolute atomic E-state index is 12.2. The van der Waals surface area contributed by atoms with Crippen molar-refractivity contribution in [2.45, 2.75) is 26.8 Å². The van der Waals surface area contributed by atoms with E-state index >= 15 is 0 Å². The normalized spacial score (nSPS) is 16.0. The Morgan fingerprint density at radius 3 is 2.57 bits per heavy atom. The van der Waals surface area contributed by atoms with E-state index < -0.39 is 24.0 Å². The van der Waals surface area contributed by atoms with Crippen LogP contribution in [0.15, 0.2) is 35.5 Å². The third-order valence-corrected chi connectivity index (χ3v) is 4.12. The Bertz CT molecular complexity index is 861. The molecular formula is C21H26N2O7. The second-order valence-electron chi connectivity index (χ2n) is 6.22. The number of amides is 2. The van der Waals surface area contributed by atoms with Crippen molar-refractivity contribution in [3.63, 3.8) is 0 Å².